The Morgan fingerprint density at radius 1 is 1.35 bits per heavy atom. The van der Waals surface area contributed by atoms with Crippen LogP contribution in [0.1, 0.15) is 25.8 Å². The lowest BCUT2D eigenvalue weighted by molar-refractivity contribution is -0.134. The quantitative estimate of drug-likeness (QED) is 0.911. The number of benzene rings is 1. The molecule has 0 saturated carbocycles. The summed E-state index contributed by atoms with van der Waals surface area (Å²) in [6, 6.07) is 6.09. The van der Waals surface area contributed by atoms with Crippen molar-refractivity contribution >= 4 is 11.8 Å². The van der Waals surface area contributed by atoms with Crippen LogP contribution >= 0.6 is 0 Å². The minimum Gasteiger partial charge on any atom is -0.339 e. The molecule has 1 aromatic rings. The first-order chi connectivity index (χ1) is 10.9. The van der Waals surface area contributed by atoms with Crippen molar-refractivity contribution in [3.05, 3.63) is 35.6 Å². The number of rotatable bonds is 4. The topological polar surface area (TPSA) is 66.6 Å². The van der Waals surface area contributed by atoms with Crippen LogP contribution in [0.5, 0.6) is 0 Å². The first-order valence-corrected chi connectivity index (χ1v) is 7.94. The van der Waals surface area contributed by atoms with Crippen molar-refractivity contribution in [1.82, 2.24) is 9.80 Å². The van der Waals surface area contributed by atoms with Gasteiger partial charge in [-0.3, -0.25) is 9.59 Å². The maximum atomic E-state index is 13.1. The summed E-state index contributed by atoms with van der Waals surface area (Å²) >= 11 is 0. The normalized spacial score (nSPS) is 19.2. The molecule has 0 bridgehead atoms. The predicted octanol–water partition coefficient (Wildman–Crippen LogP) is 1.37. The number of carbonyl (C=O) groups excluding carboxylic acids is 2. The van der Waals surface area contributed by atoms with E-state index in [9.17, 15) is 14.0 Å². The summed E-state index contributed by atoms with van der Waals surface area (Å²) < 4.78 is 13.1. The molecule has 126 valence electrons. The zero-order valence-electron chi connectivity index (χ0n) is 13.7. The molecule has 2 N–H and O–H groups in total. The monoisotopic (exact) mass is 321 g/mol. The second-order valence-electron chi connectivity index (χ2n) is 6.25. The standard InChI is InChI=1S/C17H24FN3O2/c1-12(2)15-11-20(17(23)9-19)8-7-16(22)21(15)10-13-3-5-14(18)6-4-13/h3-6,12,15H,7-11,19H2,1-2H3/t15-/m1/s1. The summed E-state index contributed by atoms with van der Waals surface area (Å²) in [7, 11) is 0. The molecule has 2 rings (SSSR count). The molecule has 1 aliphatic rings. The molecule has 2 amide bonds. The zero-order chi connectivity index (χ0) is 17.0. The highest BCUT2D eigenvalue weighted by atomic mass is 19.1. The Labute approximate surface area is 136 Å². The molecule has 23 heavy (non-hydrogen) atoms. The average molecular weight is 321 g/mol. The molecule has 0 aliphatic carbocycles. The fourth-order valence-electron chi connectivity index (χ4n) is 2.89. The maximum Gasteiger partial charge on any atom is 0.236 e. The minimum absolute atomic E-state index is 0.0142. The van der Waals surface area contributed by atoms with Crippen molar-refractivity contribution in [2.75, 3.05) is 19.6 Å². The molecule has 1 aliphatic heterocycles. The van der Waals surface area contributed by atoms with Gasteiger partial charge >= 0.3 is 0 Å². The third-order valence-corrected chi connectivity index (χ3v) is 4.29. The van der Waals surface area contributed by atoms with Crippen LogP contribution in [0.3, 0.4) is 0 Å². The van der Waals surface area contributed by atoms with Gasteiger partial charge in [-0.2, -0.15) is 0 Å². The molecule has 1 aromatic carbocycles. The van der Waals surface area contributed by atoms with Gasteiger partial charge in [0.15, 0.2) is 0 Å². The molecule has 0 spiro atoms. The first-order valence-electron chi connectivity index (χ1n) is 7.94. The second kappa shape index (κ2) is 7.55. The Bertz CT molecular complexity index is 559. The average Bonchev–Trinajstić information content (AvgIpc) is 2.69. The van der Waals surface area contributed by atoms with Crippen molar-refractivity contribution < 1.29 is 14.0 Å². The van der Waals surface area contributed by atoms with E-state index in [1.54, 1.807) is 17.0 Å². The third-order valence-electron chi connectivity index (χ3n) is 4.29. The van der Waals surface area contributed by atoms with Gasteiger partial charge < -0.3 is 15.5 Å². The van der Waals surface area contributed by atoms with Crippen molar-refractivity contribution in [1.29, 1.82) is 0 Å². The van der Waals surface area contributed by atoms with Crippen LogP contribution in [0.4, 0.5) is 4.39 Å². The van der Waals surface area contributed by atoms with Crippen LogP contribution in [0.15, 0.2) is 24.3 Å². The number of nitrogens with zero attached hydrogens (tertiary/aromatic N) is 2. The van der Waals surface area contributed by atoms with E-state index in [0.717, 1.165) is 5.56 Å². The number of halogens is 1. The van der Waals surface area contributed by atoms with Gasteiger partial charge in [-0.25, -0.2) is 4.39 Å². The molecule has 0 radical (unpaired) electrons. The smallest absolute Gasteiger partial charge is 0.236 e. The summed E-state index contributed by atoms with van der Waals surface area (Å²) in [6.07, 6.45) is 0.288. The van der Waals surface area contributed by atoms with Crippen molar-refractivity contribution in [2.45, 2.75) is 32.9 Å². The lowest BCUT2D eigenvalue weighted by Gasteiger charge is -2.34. The number of hydrogen-bond acceptors (Lipinski definition) is 3. The Morgan fingerprint density at radius 3 is 2.57 bits per heavy atom. The van der Waals surface area contributed by atoms with Gasteiger partial charge in [-0.05, 0) is 23.6 Å². The molecule has 6 heteroatoms. The Balaban J connectivity index is 2.22. The van der Waals surface area contributed by atoms with Gasteiger partial charge in [-0.15, -0.1) is 0 Å². The Morgan fingerprint density at radius 2 is 2.00 bits per heavy atom. The SMILES string of the molecule is CC(C)[C@H]1CN(C(=O)CN)CCC(=O)N1Cc1ccc(F)cc1. The highest BCUT2D eigenvalue weighted by molar-refractivity contribution is 5.81. The lowest BCUT2D eigenvalue weighted by atomic mass is 10.0. The van der Waals surface area contributed by atoms with Crippen LogP contribution in [0, 0.1) is 11.7 Å². The van der Waals surface area contributed by atoms with Crippen LogP contribution in [-0.2, 0) is 16.1 Å². The predicted molar refractivity (Wildman–Crippen MR) is 85.8 cm³/mol. The Hall–Kier alpha value is -1.95. The largest absolute Gasteiger partial charge is 0.339 e. The zero-order valence-corrected chi connectivity index (χ0v) is 13.7. The molecule has 5 nitrogen and oxygen atoms in total. The fourth-order valence-corrected chi connectivity index (χ4v) is 2.89. The van der Waals surface area contributed by atoms with E-state index in [1.165, 1.54) is 12.1 Å². The van der Waals surface area contributed by atoms with Gasteiger partial charge in [0.2, 0.25) is 11.8 Å². The van der Waals surface area contributed by atoms with E-state index >= 15 is 0 Å². The van der Waals surface area contributed by atoms with E-state index < -0.39 is 0 Å². The van der Waals surface area contributed by atoms with Gasteiger partial charge in [0.1, 0.15) is 5.82 Å². The number of amides is 2. The van der Waals surface area contributed by atoms with Crippen molar-refractivity contribution in [3.63, 3.8) is 0 Å². The molecule has 1 saturated heterocycles. The lowest BCUT2D eigenvalue weighted by Crippen LogP contribution is -2.47. The maximum absolute atomic E-state index is 13.1. The molecular weight excluding hydrogens is 297 g/mol. The summed E-state index contributed by atoms with van der Waals surface area (Å²) in [5.74, 6) is -0.214. The summed E-state index contributed by atoms with van der Waals surface area (Å²) in [5.41, 5.74) is 6.34. The van der Waals surface area contributed by atoms with Crippen molar-refractivity contribution in [3.8, 4) is 0 Å². The second-order valence-corrected chi connectivity index (χ2v) is 6.25. The van der Waals surface area contributed by atoms with Gasteiger partial charge in [-0.1, -0.05) is 26.0 Å². The molecular formula is C17H24FN3O2. The van der Waals surface area contributed by atoms with Crippen LogP contribution < -0.4 is 5.73 Å². The van der Waals surface area contributed by atoms with Crippen LogP contribution in [-0.4, -0.2) is 47.3 Å². The summed E-state index contributed by atoms with van der Waals surface area (Å²) in [5, 5.41) is 0. The number of nitrogens with two attached hydrogens (primary N) is 1. The third kappa shape index (κ3) is 4.28. The summed E-state index contributed by atoms with van der Waals surface area (Å²) in [6.45, 7) is 5.33. The van der Waals surface area contributed by atoms with E-state index in [0.29, 0.717) is 19.6 Å². The van der Waals surface area contributed by atoms with Gasteiger partial charge in [0.25, 0.3) is 0 Å². The highest BCUT2D eigenvalue weighted by Crippen LogP contribution is 2.21. The van der Waals surface area contributed by atoms with Gasteiger partial charge in [0, 0.05) is 26.1 Å². The van der Waals surface area contributed by atoms with Gasteiger partial charge in [0.05, 0.1) is 12.6 Å². The van der Waals surface area contributed by atoms with Crippen LogP contribution in [0.25, 0.3) is 0 Å². The van der Waals surface area contributed by atoms with Crippen LogP contribution in [0.2, 0.25) is 0 Å². The molecule has 0 unspecified atom stereocenters. The van der Waals surface area contributed by atoms with E-state index in [2.05, 4.69) is 0 Å². The number of carbonyl (C=O) groups is 2. The fraction of sp³-hybridized carbons (Fsp3) is 0.529. The molecule has 1 heterocycles. The first kappa shape index (κ1) is 17.4. The Kier molecular flexibility index (Phi) is 5.71. The molecule has 0 aromatic heterocycles. The molecule has 1 fully saturated rings. The highest BCUT2D eigenvalue weighted by Gasteiger charge is 2.32. The van der Waals surface area contributed by atoms with E-state index in [1.807, 2.05) is 18.7 Å². The van der Waals surface area contributed by atoms with E-state index in [4.69, 9.17) is 5.73 Å². The molecule has 1 atom stereocenters. The van der Waals surface area contributed by atoms with Crippen molar-refractivity contribution in [2.24, 2.45) is 11.7 Å². The number of hydrogen-bond donors (Lipinski definition) is 1. The van der Waals surface area contributed by atoms with E-state index in [-0.39, 0.29) is 42.6 Å². The summed E-state index contributed by atoms with van der Waals surface area (Å²) in [4.78, 5) is 27.9. The minimum atomic E-state index is -0.295.